The van der Waals surface area contributed by atoms with Crippen molar-refractivity contribution in [2.24, 2.45) is 10.8 Å². The molecule has 3 aliphatic rings. The molecule has 5 nitrogen and oxygen atoms in total. The van der Waals surface area contributed by atoms with Gasteiger partial charge < -0.3 is 20.1 Å². The molecule has 0 spiro atoms. The Labute approximate surface area is 161 Å². The van der Waals surface area contributed by atoms with Gasteiger partial charge in [0.25, 0.3) is 0 Å². The molecule has 2 heterocycles. The molecule has 2 N–H and O–H groups in total. The SMILES string of the molecule is CCN1C[C@@]2(COC(=O)c3ccccc3N)CCC[C@]3(CC=CCO[C@@H]23)C1. The van der Waals surface area contributed by atoms with E-state index < -0.39 is 0 Å². The van der Waals surface area contributed by atoms with Crippen LogP contribution < -0.4 is 5.73 Å². The van der Waals surface area contributed by atoms with E-state index in [0.717, 1.165) is 38.9 Å². The molecular formula is C22H30N2O3. The molecule has 1 aliphatic carbocycles. The van der Waals surface area contributed by atoms with Crippen molar-refractivity contribution in [1.29, 1.82) is 0 Å². The largest absolute Gasteiger partial charge is 0.461 e. The summed E-state index contributed by atoms with van der Waals surface area (Å²) in [6, 6.07) is 7.11. The number of rotatable bonds is 4. The molecule has 0 amide bonds. The molecule has 27 heavy (non-hydrogen) atoms. The molecule has 4 rings (SSSR count). The molecule has 0 aromatic heterocycles. The Hall–Kier alpha value is -1.85. The van der Waals surface area contributed by atoms with Crippen LogP contribution in [0.25, 0.3) is 0 Å². The number of esters is 1. The second-order valence-corrected chi connectivity index (χ2v) is 8.43. The fourth-order valence-corrected chi connectivity index (χ4v) is 5.53. The molecule has 146 valence electrons. The first-order valence-electron chi connectivity index (χ1n) is 10.1. The topological polar surface area (TPSA) is 64.8 Å². The van der Waals surface area contributed by atoms with Crippen molar-refractivity contribution in [3.05, 3.63) is 42.0 Å². The predicted molar refractivity (Wildman–Crippen MR) is 105 cm³/mol. The van der Waals surface area contributed by atoms with Gasteiger partial charge in [-0.3, -0.25) is 0 Å². The number of anilines is 1. The summed E-state index contributed by atoms with van der Waals surface area (Å²) in [7, 11) is 0. The van der Waals surface area contributed by atoms with Crippen molar-refractivity contribution in [2.75, 3.05) is 38.6 Å². The third-order valence-electron chi connectivity index (χ3n) is 6.71. The van der Waals surface area contributed by atoms with E-state index in [4.69, 9.17) is 15.2 Å². The van der Waals surface area contributed by atoms with Gasteiger partial charge >= 0.3 is 5.97 Å². The van der Waals surface area contributed by atoms with Crippen LogP contribution in [0.4, 0.5) is 5.69 Å². The van der Waals surface area contributed by atoms with E-state index in [1.807, 2.05) is 12.1 Å². The van der Waals surface area contributed by atoms with Gasteiger partial charge in [0, 0.05) is 29.6 Å². The normalized spacial score (nSPS) is 33.1. The number of carbonyl (C=O) groups is 1. The van der Waals surface area contributed by atoms with E-state index in [0.29, 0.717) is 24.5 Å². The van der Waals surface area contributed by atoms with Crippen LogP contribution in [-0.2, 0) is 9.47 Å². The van der Waals surface area contributed by atoms with E-state index >= 15 is 0 Å². The van der Waals surface area contributed by atoms with Crippen LogP contribution in [-0.4, -0.2) is 49.8 Å². The highest BCUT2D eigenvalue weighted by molar-refractivity contribution is 5.94. The second kappa shape index (κ2) is 7.28. The highest BCUT2D eigenvalue weighted by Crippen LogP contribution is 2.55. The van der Waals surface area contributed by atoms with Crippen molar-refractivity contribution in [3.8, 4) is 0 Å². The van der Waals surface area contributed by atoms with Gasteiger partial charge in [-0.2, -0.15) is 0 Å². The van der Waals surface area contributed by atoms with E-state index in [1.165, 1.54) is 6.42 Å². The first kappa shape index (κ1) is 18.5. The molecule has 0 radical (unpaired) electrons. The lowest BCUT2D eigenvalue weighted by molar-refractivity contribution is -0.197. The number of nitrogen functional groups attached to an aromatic ring is 1. The minimum atomic E-state index is -0.334. The number of para-hydroxylation sites is 1. The molecule has 3 atom stereocenters. The first-order chi connectivity index (χ1) is 13.1. The Morgan fingerprint density at radius 3 is 2.96 bits per heavy atom. The van der Waals surface area contributed by atoms with Crippen molar-refractivity contribution in [2.45, 2.75) is 38.7 Å². The van der Waals surface area contributed by atoms with Gasteiger partial charge in [0.05, 0.1) is 18.3 Å². The maximum absolute atomic E-state index is 12.7. The van der Waals surface area contributed by atoms with Crippen LogP contribution in [0.15, 0.2) is 36.4 Å². The molecular weight excluding hydrogens is 340 g/mol. The summed E-state index contributed by atoms with van der Waals surface area (Å²) in [6.45, 7) is 6.26. The van der Waals surface area contributed by atoms with Crippen LogP contribution in [0.5, 0.6) is 0 Å². The lowest BCUT2D eigenvalue weighted by Gasteiger charge is -2.60. The summed E-state index contributed by atoms with van der Waals surface area (Å²) < 4.78 is 12.3. The van der Waals surface area contributed by atoms with Gasteiger partial charge in [0.15, 0.2) is 0 Å². The van der Waals surface area contributed by atoms with E-state index in [2.05, 4.69) is 24.0 Å². The Morgan fingerprint density at radius 2 is 2.15 bits per heavy atom. The standard InChI is InChI=1S/C22H30N2O3/c1-2-24-14-21-10-5-6-13-26-20(21)22(15-24,12-7-11-21)16-27-19(25)17-8-3-4-9-18(17)23/h3-6,8-9,20H,2,7,10-16,23H2,1H3/t20-,21-,22-/m1/s1. The van der Waals surface area contributed by atoms with Crippen molar-refractivity contribution in [3.63, 3.8) is 0 Å². The molecule has 1 aromatic carbocycles. The fourth-order valence-electron chi connectivity index (χ4n) is 5.53. The van der Waals surface area contributed by atoms with Crippen molar-refractivity contribution in [1.82, 2.24) is 4.90 Å². The van der Waals surface area contributed by atoms with Crippen LogP contribution in [0.1, 0.15) is 43.0 Å². The third kappa shape index (κ3) is 3.27. The number of piperidine rings is 1. The quantitative estimate of drug-likeness (QED) is 0.501. The predicted octanol–water partition coefficient (Wildman–Crippen LogP) is 3.26. The zero-order valence-corrected chi connectivity index (χ0v) is 16.2. The Bertz CT molecular complexity index is 734. The van der Waals surface area contributed by atoms with Gasteiger partial charge in [-0.25, -0.2) is 4.79 Å². The summed E-state index contributed by atoms with van der Waals surface area (Å²) >= 11 is 0. The summed E-state index contributed by atoms with van der Waals surface area (Å²) in [5, 5.41) is 0. The highest BCUT2D eigenvalue weighted by Gasteiger charge is 2.59. The van der Waals surface area contributed by atoms with Gasteiger partial charge in [-0.1, -0.05) is 37.6 Å². The maximum Gasteiger partial charge on any atom is 0.340 e. The Balaban J connectivity index is 1.59. The summed E-state index contributed by atoms with van der Waals surface area (Å²) in [5.74, 6) is -0.334. The van der Waals surface area contributed by atoms with Crippen LogP contribution in [0.3, 0.4) is 0 Å². The lowest BCUT2D eigenvalue weighted by atomic mass is 9.56. The lowest BCUT2D eigenvalue weighted by Crippen LogP contribution is -2.66. The van der Waals surface area contributed by atoms with Gasteiger partial charge in [-0.15, -0.1) is 0 Å². The smallest absolute Gasteiger partial charge is 0.340 e. The number of carbonyl (C=O) groups excluding carboxylic acids is 1. The Kier molecular flexibility index (Phi) is 4.99. The minimum absolute atomic E-state index is 0.137. The van der Waals surface area contributed by atoms with Crippen LogP contribution >= 0.6 is 0 Å². The molecule has 1 aromatic rings. The maximum atomic E-state index is 12.7. The molecule has 5 heteroatoms. The van der Waals surface area contributed by atoms with Gasteiger partial charge in [0.1, 0.15) is 6.61 Å². The molecule has 2 bridgehead atoms. The average molecular weight is 370 g/mol. The van der Waals surface area contributed by atoms with Crippen molar-refractivity contribution < 1.29 is 14.3 Å². The summed E-state index contributed by atoms with van der Waals surface area (Å²) in [6.07, 6.45) is 8.99. The zero-order valence-electron chi connectivity index (χ0n) is 16.2. The molecule has 0 unspecified atom stereocenters. The number of benzene rings is 1. The minimum Gasteiger partial charge on any atom is -0.461 e. The molecule has 1 saturated heterocycles. The Morgan fingerprint density at radius 1 is 1.30 bits per heavy atom. The number of hydrogen-bond acceptors (Lipinski definition) is 5. The monoisotopic (exact) mass is 370 g/mol. The van der Waals surface area contributed by atoms with E-state index in [1.54, 1.807) is 12.1 Å². The molecule has 2 fully saturated rings. The third-order valence-corrected chi connectivity index (χ3v) is 6.71. The number of hydrogen-bond donors (Lipinski definition) is 1. The van der Waals surface area contributed by atoms with E-state index in [9.17, 15) is 4.79 Å². The highest BCUT2D eigenvalue weighted by atomic mass is 16.5. The van der Waals surface area contributed by atoms with Crippen LogP contribution in [0, 0.1) is 10.8 Å². The number of allylic oxidation sites excluding steroid dienone is 1. The van der Waals surface area contributed by atoms with E-state index in [-0.39, 0.29) is 22.9 Å². The second-order valence-electron chi connectivity index (χ2n) is 8.43. The summed E-state index contributed by atoms with van der Waals surface area (Å²) in [5.41, 5.74) is 6.86. The average Bonchev–Trinajstić information content (AvgIpc) is 2.89. The van der Waals surface area contributed by atoms with Crippen LogP contribution in [0.2, 0.25) is 0 Å². The molecule has 2 aliphatic heterocycles. The first-order valence-corrected chi connectivity index (χ1v) is 10.1. The molecule has 1 saturated carbocycles. The number of nitrogens with two attached hydrogens (primary N) is 1. The number of nitrogens with zero attached hydrogens (tertiary/aromatic N) is 1. The number of ether oxygens (including phenoxy) is 2. The van der Waals surface area contributed by atoms with Gasteiger partial charge in [-0.05, 0) is 37.9 Å². The number of likely N-dealkylation sites (tertiary alicyclic amines) is 1. The van der Waals surface area contributed by atoms with Gasteiger partial charge in [0.2, 0.25) is 0 Å². The van der Waals surface area contributed by atoms with Crippen molar-refractivity contribution >= 4 is 11.7 Å². The summed E-state index contributed by atoms with van der Waals surface area (Å²) in [4.78, 5) is 15.2. The zero-order chi connectivity index (χ0) is 18.9. The fraction of sp³-hybridized carbons (Fsp3) is 0.591.